The average molecular weight is 156 g/mol. The van der Waals surface area contributed by atoms with Crippen LogP contribution in [0.15, 0.2) is 0 Å². The zero-order chi connectivity index (χ0) is 8.27. The largest absolute Gasteiger partial charge is 0.474 e. The van der Waals surface area contributed by atoms with Crippen molar-refractivity contribution in [3.63, 3.8) is 0 Å². The SMILES string of the molecule is CC(C(=O)O)=[N+]1CCCCC1. The zero-order valence-electron chi connectivity index (χ0n) is 6.84. The van der Waals surface area contributed by atoms with Crippen LogP contribution in [0.25, 0.3) is 0 Å². The van der Waals surface area contributed by atoms with Gasteiger partial charge in [-0.2, -0.15) is 0 Å². The van der Waals surface area contributed by atoms with Crippen molar-refractivity contribution in [2.24, 2.45) is 0 Å². The number of nitrogens with zero attached hydrogens (tertiary/aromatic N) is 1. The van der Waals surface area contributed by atoms with E-state index in [4.69, 9.17) is 5.11 Å². The molecule has 0 aromatic carbocycles. The van der Waals surface area contributed by atoms with Crippen LogP contribution in [0.4, 0.5) is 0 Å². The number of carbonyl (C=O) groups is 1. The summed E-state index contributed by atoms with van der Waals surface area (Å²) in [6.45, 7) is 3.50. The lowest BCUT2D eigenvalue weighted by atomic mass is 10.1. The van der Waals surface area contributed by atoms with Gasteiger partial charge in [-0.25, -0.2) is 9.37 Å². The van der Waals surface area contributed by atoms with Gasteiger partial charge in [0.15, 0.2) is 0 Å². The van der Waals surface area contributed by atoms with E-state index in [2.05, 4.69) is 0 Å². The number of carboxylic acid groups (broad SMARTS) is 1. The van der Waals surface area contributed by atoms with Crippen LogP contribution in [0, 0.1) is 0 Å². The van der Waals surface area contributed by atoms with Crippen molar-refractivity contribution in [2.45, 2.75) is 26.2 Å². The Hall–Kier alpha value is -0.860. The Morgan fingerprint density at radius 3 is 2.27 bits per heavy atom. The molecule has 0 amide bonds. The van der Waals surface area contributed by atoms with Gasteiger partial charge in [0.05, 0.1) is 0 Å². The maximum atomic E-state index is 10.5. The number of hydrogen-bond donors (Lipinski definition) is 1. The number of aliphatic carboxylic acids is 1. The highest BCUT2D eigenvalue weighted by Gasteiger charge is 2.18. The third-order valence-corrected chi connectivity index (χ3v) is 2.14. The van der Waals surface area contributed by atoms with E-state index in [1.807, 2.05) is 4.58 Å². The lowest BCUT2D eigenvalue weighted by molar-refractivity contribution is -0.537. The third kappa shape index (κ3) is 2.03. The van der Waals surface area contributed by atoms with Gasteiger partial charge in [-0.05, 0) is 6.42 Å². The Labute approximate surface area is 66.3 Å². The summed E-state index contributed by atoms with van der Waals surface area (Å²) in [6, 6.07) is 0. The molecule has 0 aromatic heterocycles. The Morgan fingerprint density at radius 2 is 1.82 bits per heavy atom. The van der Waals surface area contributed by atoms with Gasteiger partial charge >= 0.3 is 5.97 Å². The molecule has 0 unspecified atom stereocenters. The molecular weight excluding hydrogens is 142 g/mol. The van der Waals surface area contributed by atoms with Crippen molar-refractivity contribution < 1.29 is 14.5 Å². The van der Waals surface area contributed by atoms with E-state index in [-0.39, 0.29) is 0 Å². The van der Waals surface area contributed by atoms with Gasteiger partial charge in [-0.1, -0.05) is 0 Å². The molecule has 1 rings (SSSR count). The van der Waals surface area contributed by atoms with Crippen LogP contribution >= 0.6 is 0 Å². The monoisotopic (exact) mass is 156 g/mol. The first-order chi connectivity index (χ1) is 5.22. The summed E-state index contributed by atoms with van der Waals surface area (Å²) in [4.78, 5) is 10.5. The molecule has 0 aromatic rings. The summed E-state index contributed by atoms with van der Waals surface area (Å²) in [5, 5.41) is 8.66. The molecule has 3 nitrogen and oxygen atoms in total. The Bertz CT molecular complexity index is 188. The molecule has 1 heterocycles. The van der Waals surface area contributed by atoms with Gasteiger partial charge in [0.1, 0.15) is 13.1 Å². The van der Waals surface area contributed by atoms with Crippen LogP contribution in [0.5, 0.6) is 0 Å². The summed E-state index contributed by atoms with van der Waals surface area (Å²) in [6.07, 6.45) is 3.50. The highest BCUT2D eigenvalue weighted by molar-refractivity contribution is 6.32. The minimum atomic E-state index is -0.785. The number of rotatable bonds is 1. The molecule has 11 heavy (non-hydrogen) atoms. The predicted octanol–water partition coefficient (Wildman–Crippen LogP) is 0.728. The number of piperidine rings is 1. The summed E-state index contributed by atoms with van der Waals surface area (Å²) in [7, 11) is 0. The second-order valence-corrected chi connectivity index (χ2v) is 2.94. The first-order valence-corrected chi connectivity index (χ1v) is 4.03. The molecule has 0 saturated carbocycles. The van der Waals surface area contributed by atoms with Gasteiger partial charge in [0.2, 0.25) is 0 Å². The molecule has 62 valence electrons. The maximum absolute atomic E-state index is 10.5. The number of hydrogen-bond acceptors (Lipinski definition) is 1. The van der Waals surface area contributed by atoms with E-state index >= 15 is 0 Å². The molecule has 0 radical (unpaired) electrons. The van der Waals surface area contributed by atoms with E-state index in [1.165, 1.54) is 6.42 Å². The Morgan fingerprint density at radius 1 is 1.27 bits per heavy atom. The highest BCUT2D eigenvalue weighted by Crippen LogP contribution is 2.04. The van der Waals surface area contributed by atoms with Crippen LogP contribution in [0.2, 0.25) is 0 Å². The fourth-order valence-electron chi connectivity index (χ4n) is 1.36. The Balaban J connectivity index is 2.68. The summed E-state index contributed by atoms with van der Waals surface area (Å²) in [5.74, 6) is -0.785. The number of carboxylic acids is 1. The van der Waals surface area contributed by atoms with Gasteiger partial charge in [0.25, 0.3) is 5.71 Å². The molecule has 1 N–H and O–H groups in total. The molecule has 1 saturated heterocycles. The van der Waals surface area contributed by atoms with Crippen LogP contribution in [0.3, 0.4) is 0 Å². The average Bonchev–Trinajstić information content (AvgIpc) is 2.05. The van der Waals surface area contributed by atoms with Crippen molar-refractivity contribution in [2.75, 3.05) is 13.1 Å². The van der Waals surface area contributed by atoms with Gasteiger partial charge < -0.3 is 5.11 Å². The van der Waals surface area contributed by atoms with E-state index in [9.17, 15) is 4.79 Å². The summed E-state index contributed by atoms with van der Waals surface area (Å²) in [5.41, 5.74) is 0.490. The van der Waals surface area contributed by atoms with Crippen molar-refractivity contribution in [1.29, 1.82) is 0 Å². The smallest absolute Gasteiger partial charge is 0.395 e. The molecule has 1 aliphatic heterocycles. The fraction of sp³-hybridized carbons (Fsp3) is 0.750. The quantitative estimate of drug-likeness (QED) is 0.568. The van der Waals surface area contributed by atoms with Crippen LogP contribution in [0.1, 0.15) is 26.2 Å². The molecule has 1 aliphatic rings. The minimum Gasteiger partial charge on any atom is -0.474 e. The first-order valence-electron chi connectivity index (χ1n) is 4.03. The lowest BCUT2D eigenvalue weighted by Gasteiger charge is -2.10. The molecule has 3 heteroatoms. The molecule has 0 atom stereocenters. The van der Waals surface area contributed by atoms with E-state index in [1.54, 1.807) is 6.92 Å². The first kappa shape index (κ1) is 8.24. The Kier molecular flexibility index (Phi) is 2.63. The van der Waals surface area contributed by atoms with E-state index in [0.29, 0.717) is 5.71 Å². The van der Waals surface area contributed by atoms with Gasteiger partial charge in [-0.3, -0.25) is 0 Å². The van der Waals surface area contributed by atoms with Crippen molar-refractivity contribution in [3.8, 4) is 0 Å². The third-order valence-electron chi connectivity index (χ3n) is 2.14. The second-order valence-electron chi connectivity index (χ2n) is 2.94. The normalized spacial score (nSPS) is 18.1. The van der Waals surface area contributed by atoms with Crippen LogP contribution in [-0.2, 0) is 4.79 Å². The van der Waals surface area contributed by atoms with Crippen molar-refractivity contribution >= 4 is 11.7 Å². The highest BCUT2D eigenvalue weighted by atomic mass is 16.4. The molecular formula is C8H14NO2+. The second kappa shape index (κ2) is 3.51. The zero-order valence-corrected chi connectivity index (χ0v) is 6.84. The summed E-state index contributed by atoms with van der Waals surface area (Å²) < 4.78 is 1.95. The standard InChI is InChI=1S/C8H13NO2/c1-7(8(10)11)9-5-3-2-4-6-9/h2-6H2,1H3/p+1. The fourth-order valence-corrected chi connectivity index (χ4v) is 1.36. The van der Waals surface area contributed by atoms with E-state index in [0.717, 1.165) is 25.9 Å². The predicted molar refractivity (Wildman–Crippen MR) is 42.2 cm³/mol. The van der Waals surface area contributed by atoms with Crippen LogP contribution < -0.4 is 0 Å². The van der Waals surface area contributed by atoms with Gasteiger partial charge in [0, 0.05) is 19.8 Å². The molecule has 0 spiro atoms. The van der Waals surface area contributed by atoms with Crippen LogP contribution in [-0.4, -0.2) is 34.5 Å². The maximum Gasteiger partial charge on any atom is 0.395 e. The van der Waals surface area contributed by atoms with Crippen molar-refractivity contribution in [1.82, 2.24) is 0 Å². The van der Waals surface area contributed by atoms with E-state index < -0.39 is 5.97 Å². The van der Waals surface area contributed by atoms with Crippen molar-refractivity contribution in [3.05, 3.63) is 0 Å². The lowest BCUT2D eigenvalue weighted by Crippen LogP contribution is -2.30. The summed E-state index contributed by atoms with van der Waals surface area (Å²) >= 11 is 0. The minimum absolute atomic E-state index is 0.490. The molecule has 0 bridgehead atoms. The molecule has 1 fully saturated rings. The van der Waals surface area contributed by atoms with Gasteiger partial charge in [-0.15, -0.1) is 0 Å². The molecule has 0 aliphatic carbocycles. The topological polar surface area (TPSA) is 40.3 Å².